The summed E-state index contributed by atoms with van der Waals surface area (Å²) in [7, 11) is 1.64. The number of nitrogens with zero attached hydrogens (tertiary/aromatic N) is 2. The quantitative estimate of drug-likeness (QED) is 0.734. The van der Waals surface area contributed by atoms with Crippen molar-refractivity contribution in [2.75, 3.05) is 20.2 Å². The molecule has 0 spiro atoms. The number of carbonyl (C=O) groups excluding carboxylic acids is 1. The molecule has 0 bridgehead atoms. The summed E-state index contributed by atoms with van der Waals surface area (Å²) in [6, 6.07) is 0. The minimum Gasteiger partial charge on any atom is -0.395 e. The molecule has 0 saturated heterocycles. The Hall–Kier alpha value is -0.940. The molecule has 5 heteroatoms. The molecule has 0 atom stereocenters. The summed E-state index contributed by atoms with van der Waals surface area (Å²) in [5.74, 6) is -0.148. The first kappa shape index (κ1) is 9.15. The highest BCUT2D eigenvalue weighted by molar-refractivity contribution is 7.07. The van der Waals surface area contributed by atoms with Crippen LogP contribution in [0.5, 0.6) is 0 Å². The van der Waals surface area contributed by atoms with Gasteiger partial charge >= 0.3 is 0 Å². The average Bonchev–Trinajstić information content (AvgIpc) is 2.55. The number of likely N-dealkylation sites (N-methyl/N-ethyl adjacent to an activating group) is 1. The number of amides is 1. The Morgan fingerprint density at radius 2 is 2.58 bits per heavy atom. The van der Waals surface area contributed by atoms with E-state index in [9.17, 15) is 4.79 Å². The Labute approximate surface area is 74.5 Å². The van der Waals surface area contributed by atoms with E-state index in [1.165, 1.54) is 16.2 Å². The number of carbonyl (C=O) groups is 1. The summed E-state index contributed by atoms with van der Waals surface area (Å²) < 4.78 is 0. The normalized spacial score (nSPS) is 9.83. The number of aliphatic hydroxyl groups excluding tert-OH is 1. The van der Waals surface area contributed by atoms with Crippen LogP contribution in [0.15, 0.2) is 10.9 Å². The standard InChI is InChI=1S/C7H10N2O2S/c1-9(2-3-10)7(11)6-4-12-5-8-6/h4-5,10H,2-3H2,1H3. The van der Waals surface area contributed by atoms with E-state index < -0.39 is 0 Å². The molecular weight excluding hydrogens is 176 g/mol. The summed E-state index contributed by atoms with van der Waals surface area (Å²) in [5.41, 5.74) is 2.05. The number of aliphatic hydroxyl groups is 1. The lowest BCUT2D eigenvalue weighted by Crippen LogP contribution is -2.29. The molecule has 1 N–H and O–H groups in total. The van der Waals surface area contributed by atoms with E-state index in [-0.39, 0.29) is 12.5 Å². The minimum atomic E-state index is -0.148. The molecule has 0 saturated carbocycles. The van der Waals surface area contributed by atoms with E-state index in [2.05, 4.69) is 4.98 Å². The van der Waals surface area contributed by atoms with Crippen molar-refractivity contribution in [1.29, 1.82) is 0 Å². The van der Waals surface area contributed by atoms with Gasteiger partial charge in [0, 0.05) is 19.0 Å². The number of rotatable bonds is 3. The predicted octanol–water partition coefficient (Wildman–Crippen LogP) is 0.207. The van der Waals surface area contributed by atoms with E-state index in [1.807, 2.05) is 0 Å². The van der Waals surface area contributed by atoms with Crippen LogP contribution in [-0.2, 0) is 0 Å². The van der Waals surface area contributed by atoms with Crippen LogP contribution in [0.3, 0.4) is 0 Å². The molecule has 0 unspecified atom stereocenters. The Morgan fingerprint density at radius 1 is 1.83 bits per heavy atom. The Kier molecular flexibility index (Phi) is 3.19. The third kappa shape index (κ3) is 2.02. The lowest BCUT2D eigenvalue weighted by atomic mass is 10.4. The van der Waals surface area contributed by atoms with Crippen molar-refractivity contribution in [2.24, 2.45) is 0 Å². The van der Waals surface area contributed by atoms with Crippen molar-refractivity contribution in [2.45, 2.75) is 0 Å². The van der Waals surface area contributed by atoms with E-state index >= 15 is 0 Å². The third-order valence-corrected chi connectivity index (χ3v) is 2.02. The van der Waals surface area contributed by atoms with Crippen molar-refractivity contribution < 1.29 is 9.90 Å². The number of aromatic nitrogens is 1. The van der Waals surface area contributed by atoms with Crippen molar-refractivity contribution >= 4 is 17.2 Å². The number of hydrogen-bond acceptors (Lipinski definition) is 4. The molecule has 1 heterocycles. The fourth-order valence-electron chi connectivity index (χ4n) is 0.765. The highest BCUT2D eigenvalue weighted by Gasteiger charge is 2.11. The van der Waals surface area contributed by atoms with Crippen LogP contribution in [0.2, 0.25) is 0 Å². The largest absolute Gasteiger partial charge is 0.395 e. The van der Waals surface area contributed by atoms with Crippen molar-refractivity contribution in [3.8, 4) is 0 Å². The van der Waals surface area contributed by atoms with Gasteiger partial charge in [-0.05, 0) is 0 Å². The monoisotopic (exact) mass is 186 g/mol. The third-order valence-electron chi connectivity index (χ3n) is 1.43. The summed E-state index contributed by atoms with van der Waals surface area (Å²) in [6.07, 6.45) is 0. The van der Waals surface area contributed by atoms with Crippen LogP contribution in [0.4, 0.5) is 0 Å². The van der Waals surface area contributed by atoms with Gasteiger partial charge in [-0.25, -0.2) is 4.98 Å². The van der Waals surface area contributed by atoms with Gasteiger partial charge in [-0.15, -0.1) is 11.3 Å². The lowest BCUT2D eigenvalue weighted by molar-refractivity contribution is 0.0762. The second-order valence-electron chi connectivity index (χ2n) is 2.32. The zero-order chi connectivity index (χ0) is 8.97. The topological polar surface area (TPSA) is 53.4 Å². The van der Waals surface area contributed by atoms with Crippen LogP contribution in [0.25, 0.3) is 0 Å². The van der Waals surface area contributed by atoms with Gasteiger partial charge in [0.2, 0.25) is 0 Å². The smallest absolute Gasteiger partial charge is 0.273 e. The first-order valence-corrected chi connectivity index (χ1v) is 4.44. The summed E-state index contributed by atoms with van der Waals surface area (Å²) >= 11 is 1.38. The first-order chi connectivity index (χ1) is 5.75. The van der Waals surface area contributed by atoms with Crippen LogP contribution in [0, 0.1) is 0 Å². The van der Waals surface area contributed by atoms with Crippen LogP contribution in [-0.4, -0.2) is 41.1 Å². The Morgan fingerprint density at radius 3 is 3.08 bits per heavy atom. The van der Waals surface area contributed by atoms with E-state index in [4.69, 9.17) is 5.11 Å². The first-order valence-electron chi connectivity index (χ1n) is 3.50. The fraction of sp³-hybridized carbons (Fsp3) is 0.429. The second kappa shape index (κ2) is 4.18. The Bertz CT molecular complexity index is 248. The summed E-state index contributed by atoms with van der Waals surface area (Å²) in [6.45, 7) is 0.322. The molecule has 0 radical (unpaired) electrons. The van der Waals surface area contributed by atoms with E-state index in [1.54, 1.807) is 17.9 Å². The van der Waals surface area contributed by atoms with Gasteiger partial charge in [-0.2, -0.15) is 0 Å². The molecule has 4 nitrogen and oxygen atoms in total. The highest BCUT2D eigenvalue weighted by atomic mass is 32.1. The predicted molar refractivity (Wildman–Crippen MR) is 46.2 cm³/mol. The molecule has 0 fully saturated rings. The van der Waals surface area contributed by atoms with Gasteiger partial charge in [0.25, 0.3) is 5.91 Å². The molecule has 12 heavy (non-hydrogen) atoms. The molecule has 0 aliphatic carbocycles. The van der Waals surface area contributed by atoms with Crippen LogP contribution in [0.1, 0.15) is 10.5 Å². The molecule has 1 rings (SSSR count). The average molecular weight is 186 g/mol. The number of hydrogen-bond donors (Lipinski definition) is 1. The highest BCUT2D eigenvalue weighted by Crippen LogP contribution is 2.03. The van der Waals surface area contributed by atoms with Crippen molar-refractivity contribution in [3.05, 3.63) is 16.6 Å². The molecule has 1 aromatic rings. The van der Waals surface area contributed by atoms with Crippen molar-refractivity contribution in [1.82, 2.24) is 9.88 Å². The SMILES string of the molecule is CN(CCO)C(=O)c1cscn1. The second-order valence-corrected chi connectivity index (χ2v) is 3.04. The van der Waals surface area contributed by atoms with Gasteiger partial charge in [0.15, 0.2) is 0 Å². The Balaban J connectivity index is 2.59. The van der Waals surface area contributed by atoms with Gasteiger partial charge < -0.3 is 10.0 Å². The summed E-state index contributed by atoms with van der Waals surface area (Å²) in [5, 5.41) is 10.3. The zero-order valence-electron chi connectivity index (χ0n) is 6.73. The molecule has 1 amide bonds. The van der Waals surface area contributed by atoms with Gasteiger partial charge in [0.1, 0.15) is 5.69 Å². The fourth-order valence-corrected chi connectivity index (χ4v) is 1.29. The van der Waals surface area contributed by atoms with E-state index in [0.717, 1.165) is 0 Å². The molecular formula is C7H10N2O2S. The maximum Gasteiger partial charge on any atom is 0.273 e. The van der Waals surface area contributed by atoms with Gasteiger partial charge in [-0.1, -0.05) is 0 Å². The maximum absolute atomic E-state index is 11.4. The maximum atomic E-state index is 11.4. The van der Waals surface area contributed by atoms with Crippen LogP contribution < -0.4 is 0 Å². The molecule has 66 valence electrons. The summed E-state index contributed by atoms with van der Waals surface area (Å²) in [4.78, 5) is 16.7. The molecule has 1 aromatic heterocycles. The molecule has 0 aliphatic heterocycles. The van der Waals surface area contributed by atoms with E-state index in [0.29, 0.717) is 12.2 Å². The van der Waals surface area contributed by atoms with Gasteiger partial charge in [0.05, 0.1) is 12.1 Å². The zero-order valence-corrected chi connectivity index (χ0v) is 7.54. The van der Waals surface area contributed by atoms with Crippen molar-refractivity contribution in [3.63, 3.8) is 0 Å². The minimum absolute atomic E-state index is 0.0215. The molecule has 0 aliphatic rings. The molecule has 0 aromatic carbocycles. The van der Waals surface area contributed by atoms with Gasteiger partial charge in [-0.3, -0.25) is 4.79 Å². The lowest BCUT2D eigenvalue weighted by Gasteiger charge is -2.13. The van der Waals surface area contributed by atoms with Crippen LogP contribution >= 0.6 is 11.3 Å². The number of thiazole rings is 1.